The molecule has 0 bridgehead atoms. The second kappa shape index (κ2) is 7.13. The Bertz CT molecular complexity index is 485. The molecule has 7 nitrogen and oxygen atoms in total. The largest absolute Gasteiger partial charge is 0.378 e. The lowest BCUT2D eigenvalue weighted by Gasteiger charge is -2.28. The molecule has 1 aromatic heterocycles. The van der Waals surface area contributed by atoms with Crippen LogP contribution >= 0.6 is 11.8 Å². The minimum Gasteiger partial charge on any atom is -0.378 e. The maximum absolute atomic E-state index is 11.3. The zero-order valence-electron chi connectivity index (χ0n) is 12.8. The standard InChI is InChI=1S/C13H23N5O2S/c1-9(2)8-18-12(17-4-6-20-7-5-17)15-16-13(18)21-10(3)11(14)19/h9-10H,4-8H2,1-3H3,(H2,14,19)/t10-/m0/s1. The molecule has 0 radical (unpaired) electrons. The summed E-state index contributed by atoms with van der Waals surface area (Å²) < 4.78 is 7.46. The highest BCUT2D eigenvalue weighted by molar-refractivity contribution is 8.00. The first-order valence-electron chi connectivity index (χ1n) is 7.21. The summed E-state index contributed by atoms with van der Waals surface area (Å²) >= 11 is 1.36. The van der Waals surface area contributed by atoms with Crippen LogP contribution in [0.15, 0.2) is 5.16 Å². The molecule has 0 unspecified atom stereocenters. The molecule has 2 N–H and O–H groups in total. The van der Waals surface area contributed by atoms with Crippen molar-refractivity contribution in [2.24, 2.45) is 11.7 Å². The average Bonchev–Trinajstić information content (AvgIpc) is 2.82. The van der Waals surface area contributed by atoms with Crippen molar-refractivity contribution in [3.63, 3.8) is 0 Å². The van der Waals surface area contributed by atoms with Gasteiger partial charge in [0.1, 0.15) is 0 Å². The Hall–Kier alpha value is -1.28. The van der Waals surface area contributed by atoms with Gasteiger partial charge in [-0.05, 0) is 12.8 Å². The lowest BCUT2D eigenvalue weighted by Crippen LogP contribution is -2.38. The molecule has 0 aromatic carbocycles. The van der Waals surface area contributed by atoms with Gasteiger partial charge < -0.3 is 15.4 Å². The minimum atomic E-state index is -0.341. The number of carbonyl (C=O) groups excluding carboxylic acids is 1. The molecular weight excluding hydrogens is 290 g/mol. The lowest BCUT2D eigenvalue weighted by molar-refractivity contribution is -0.117. The molecule has 1 aliphatic heterocycles. The molecular formula is C13H23N5O2S. The van der Waals surface area contributed by atoms with Gasteiger partial charge in [0.05, 0.1) is 18.5 Å². The van der Waals surface area contributed by atoms with Crippen LogP contribution in [-0.4, -0.2) is 52.2 Å². The van der Waals surface area contributed by atoms with Crippen LogP contribution in [0.5, 0.6) is 0 Å². The summed E-state index contributed by atoms with van der Waals surface area (Å²) in [6.07, 6.45) is 0. The summed E-state index contributed by atoms with van der Waals surface area (Å²) in [5.74, 6) is 0.974. The maximum Gasteiger partial charge on any atom is 0.230 e. The summed E-state index contributed by atoms with van der Waals surface area (Å²) in [5, 5.41) is 8.99. The number of hydrogen-bond acceptors (Lipinski definition) is 6. The Morgan fingerprint density at radius 1 is 1.33 bits per heavy atom. The smallest absolute Gasteiger partial charge is 0.230 e. The van der Waals surface area contributed by atoms with Crippen LogP contribution in [0.2, 0.25) is 0 Å². The number of rotatable bonds is 6. The Morgan fingerprint density at radius 3 is 2.57 bits per heavy atom. The molecule has 21 heavy (non-hydrogen) atoms. The van der Waals surface area contributed by atoms with E-state index in [1.807, 2.05) is 0 Å². The van der Waals surface area contributed by atoms with Gasteiger partial charge in [0.15, 0.2) is 5.16 Å². The van der Waals surface area contributed by atoms with Crippen LogP contribution < -0.4 is 10.6 Å². The van der Waals surface area contributed by atoms with E-state index in [-0.39, 0.29) is 11.2 Å². The summed E-state index contributed by atoms with van der Waals surface area (Å²) in [7, 11) is 0. The van der Waals surface area contributed by atoms with Crippen LogP contribution in [-0.2, 0) is 16.1 Å². The second-order valence-corrected chi connectivity index (χ2v) is 6.86. The molecule has 1 atom stereocenters. The van der Waals surface area contributed by atoms with Crippen molar-refractivity contribution >= 4 is 23.6 Å². The third-order valence-electron chi connectivity index (χ3n) is 3.22. The van der Waals surface area contributed by atoms with Gasteiger partial charge in [0.2, 0.25) is 11.9 Å². The van der Waals surface area contributed by atoms with Crippen molar-refractivity contribution in [1.82, 2.24) is 14.8 Å². The zero-order chi connectivity index (χ0) is 15.4. The molecule has 8 heteroatoms. The van der Waals surface area contributed by atoms with E-state index in [1.54, 1.807) is 6.92 Å². The number of nitrogens with two attached hydrogens (primary N) is 1. The van der Waals surface area contributed by atoms with E-state index in [1.165, 1.54) is 11.8 Å². The molecule has 0 spiro atoms. The molecule has 1 saturated heterocycles. The topological polar surface area (TPSA) is 86.3 Å². The van der Waals surface area contributed by atoms with Crippen LogP contribution in [0, 0.1) is 5.92 Å². The number of thioether (sulfide) groups is 1. The molecule has 1 aromatic rings. The third kappa shape index (κ3) is 4.10. The van der Waals surface area contributed by atoms with Crippen molar-refractivity contribution in [2.45, 2.75) is 37.7 Å². The SMILES string of the molecule is CC(C)Cn1c(S[C@@H](C)C(N)=O)nnc1N1CCOCC1. The van der Waals surface area contributed by atoms with E-state index in [0.29, 0.717) is 19.1 Å². The summed E-state index contributed by atoms with van der Waals surface area (Å²) in [5.41, 5.74) is 5.34. The fraction of sp³-hybridized carbons (Fsp3) is 0.769. The Morgan fingerprint density at radius 2 is 2.00 bits per heavy atom. The van der Waals surface area contributed by atoms with E-state index < -0.39 is 0 Å². The van der Waals surface area contributed by atoms with Gasteiger partial charge in [-0.2, -0.15) is 0 Å². The summed E-state index contributed by atoms with van der Waals surface area (Å²) in [6, 6.07) is 0. The van der Waals surface area contributed by atoms with Crippen LogP contribution in [0.4, 0.5) is 5.95 Å². The van der Waals surface area contributed by atoms with Gasteiger partial charge in [-0.3, -0.25) is 9.36 Å². The fourth-order valence-electron chi connectivity index (χ4n) is 2.11. The average molecular weight is 313 g/mol. The van der Waals surface area contributed by atoms with E-state index >= 15 is 0 Å². The molecule has 1 fully saturated rings. The first-order valence-corrected chi connectivity index (χ1v) is 8.09. The zero-order valence-corrected chi connectivity index (χ0v) is 13.6. The number of nitrogens with zero attached hydrogens (tertiary/aromatic N) is 4. The monoisotopic (exact) mass is 313 g/mol. The molecule has 2 heterocycles. The summed E-state index contributed by atoms with van der Waals surface area (Å²) in [6.45, 7) is 9.93. The number of amides is 1. The van der Waals surface area contributed by atoms with Crippen molar-refractivity contribution < 1.29 is 9.53 Å². The van der Waals surface area contributed by atoms with Gasteiger partial charge in [-0.25, -0.2) is 0 Å². The first kappa shape index (κ1) is 16.1. The highest BCUT2D eigenvalue weighted by atomic mass is 32.2. The molecule has 0 aliphatic carbocycles. The first-order chi connectivity index (χ1) is 9.99. The molecule has 118 valence electrons. The number of hydrogen-bond donors (Lipinski definition) is 1. The van der Waals surface area contributed by atoms with Crippen molar-refractivity contribution in [3.05, 3.63) is 0 Å². The van der Waals surface area contributed by atoms with Crippen LogP contribution in [0.25, 0.3) is 0 Å². The van der Waals surface area contributed by atoms with E-state index in [4.69, 9.17) is 10.5 Å². The van der Waals surface area contributed by atoms with Crippen molar-refractivity contribution in [1.29, 1.82) is 0 Å². The van der Waals surface area contributed by atoms with Gasteiger partial charge in [0.25, 0.3) is 0 Å². The van der Waals surface area contributed by atoms with Gasteiger partial charge in [0, 0.05) is 19.6 Å². The second-order valence-electron chi connectivity index (χ2n) is 5.55. The van der Waals surface area contributed by atoms with Gasteiger partial charge in [-0.1, -0.05) is 25.6 Å². The van der Waals surface area contributed by atoms with E-state index in [9.17, 15) is 4.79 Å². The maximum atomic E-state index is 11.3. The molecule has 1 aliphatic rings. The summed E-state index contributed by atoms with van der Waals surface area (Å²) in [4.78, 5) is 13.4. The Labute approximate surface area is 129 Å². The number of carbonyl (C=O) groups is 1. The van der Waals surface area contributed by atoms with E-state index in [0.717, 1.165) is 30.7 Å². The number of ether oxygens (including phenoxy) is 1. The third-order valence-corrected chi connectivity index (χ3v) is 4.32. The minimum absolute atomic E-state index is 0.322. The molecule has 0 saturated carbocycles. The fourth-order valence-corrected chi connectivity index (χ4v) is 2.91. The number of morpholine rings is 1. The highest BCUT2D eigenvalue weighted by Crippen LogP contribution is 2.26. The van der Waals surface area contributed by atoms with Gasteiger partial charge in [-0.15, -0.1) is 10.2 Å². The van der Waals surface area contributed by atoms with E-state index in [2.05, 4.69) is 33.5 Å². The predicted molar refractivity (Wildman–Crippen MR) is 82.4 cm³/mol. The number of primary amides is 1. The van der Waals surface area contributed by atoms with Crippen molar-refractivity contribution in [3.8, 4) is 0 Å². The normalized spacial score (nSPS) is 17.2. The Balaban J connectivity index is 2.23. The van der Waals surface area contributed by atoms with Crippen LogP contribution in [0.1, 0.15) is 20.8 Å². The predicted octanol–water partition coefficient (Wildman–Crippen LogP) is 0.737. The Kier molecular flexibility index (Phi) is 5.46. The van der Waals surface area contributed by atoms with Gasteiger partial charge >= 0.3 is 0 Å². The molecule has 2 rings (SSSR count). The molecule has 1 amide bonds. The number of anilines is 1. The van der Waals surface area contributed by atoms with Crippen LogP contribution in [0.3, 0.4) is 0 Å². The lowest BCUT2D eigenvalue weighted by atomic mass is 10.2. The quantitative estimate of drug-likeness (QED) is 0.780. The number of aromatic nitrogens is 3. The highest BCUT2D eigenvalue weighted by Gasteiger charge is 2.23. The van der Waals surface area contributed by atoms with Crippen molar-refractivity contribution in [2.75, 3.05) is 31.2 Å².